The lowest BCUT2D eigenvalue weighted by atomic mass is 9.77. The molecule has 0 bridgehead atoms. The van der Waals surface area contributed by atoms with E-state index in [1.54, 1.807) is 0 Å². The Labute approximate surface area is 216 Å². The lowest BCUT2D eigenvalue weighted by Gasteiger charge is -2.28. The summed E-state index contributed by atoms with van der Waals surface area (Å²) >= 11 is 6.87. The fourth-order valence-corrected chi connectivity index (χ4v) is 5.63. The van der Waals surface area contributed by atoms with E-state index in [1.165, 1.54) is 33.7 Å². The Hall–Kier alpha value is -2.97. The smallest absolute Gasteiger partial charge is 0.0470 e. The molecular formula is C32H37ClN2. The van der Waals surface area contributed by atoms with Crippen molar-refractivity contribution in [3.63, 3.8) is 0 Å². The molecule has 3 heteroatoms. The largest absolute Gasteiger partial charge is 0.388 e. The summed E-state index contributed by atoms with van der Waals surface area (Å²) in [6.45, 7) is 13.4. The average molecular weight is 485 g/mol. The van der Waals surface area contributed by atoms with Crippen LogP contribution in [0.25, 0.3) is 0 Å². The number of allylic oxidation sites excluding steroid dienone is 9. The molecule has 2 aromatic carbocycles. The molecule has 0 radical (unpaired) electrons. The zero-order valence-corrected chi connectivity index (χ0v) is 22.6. The summed E-state index contributed by atoms with van der Waals surface area (Å²) in [4.78, 5) is 2.30. The highest BCUT2D eigenvalue weighted by Gasteiger charge is 2.37. The molecule has 0 aromatic heterocycles. The minimum absolute atomic E-state index is 0.0348. The van der Waals surface area contributed by atoms with Crippen LogP contribution >= 0.6 is 11.6 Å². The first-order valence-corrected chi connectivity index (χ1v) is 12.7. The number of hydrogen-bond acceptors (Lipinski definition) is 2. The number of para-hydroxylation sites is 2. The van der Waals surface area contributed by atoms with Crippen LogP contribution in [0.1, 0.15) is 51.7 Å². The molecule has 0 atom stereocenters. The van der Waals surface area contributed by atoms with Gasteiger partial charge in [0, 0.05) is 47.0 Å². The summed E-state index contributed by atoms with van der Waals surface area (Å²) in [7, 11) is 4.11. The third kappa shape index (κ3) is 4.52. The molecule has 0 spiro atoms. The molecule has 0 unspecified atom stereocenters. The first-order valence-electron chi connectivity index (χ1n) is 12.4. The van der Waals surface area contributed by atoms with Gasteiger partial charge in [-0.15, -0.1) is 0 Å². The van der Waals surface area contributed by atoms with Gasteiger partial charge in [-0.25, -0.2) is 0 Å². The number of hydrogen-bond donors (Lipinski definition) is 1. The Kier molecular flexibility index (Phi) is 6.88. The van der Waals surface area contributed by atoms with Gasteiger partial charge in [-0.3, -0.25) is 0 Å². The van der Waals surface area contributed by atoms with Gasteiger partial charge < -0.3 is 10.2 Å². The predicted molar refractivity (Wildman–Crippen MR) is 153 cm³/mol. The molecule has 1 aliphatic heterocycles. The molecule has 4 rings (SSSR count). The molecule has 0 saturated carbocycles. The van der Waals surface area contributed by atoms with Gasteiger partial charge in [0.15, 0.2) is 0 Å². The second-order valence-corrected chi connectivity index (χ2v) is 10.9. The molecular weight excluding hydrogens is 448 g/mol. The van der Waals surface area contributed by atoms with Gasteiger partial charge in [0.2, 0.25) is 0 Å². The van der Waals surface area contributed by atoms with Gasteiger partial charge in [0.25, 0.3) is 0 Å². The molecule has 2 aromatic rings. The van der Waals surface area contributed by atoms with Crippen LogP contribution in [0, 0.1) is 0 Å². The minimum atomic E-state index is -0.196. The van der Waals surface area contributed by atoms with E-state index in [0.717, 1.165) is 29.1 Å². The van der Waals surface area contributed by atoms with Crippen molar-refractivity contribution >= 4 is 23.0 Å². The molecule has 1 heterocycles. The molecule has 0 saturated heterocycles. The summed E-state index contributed by atoms with van der Waals surface area (Å²) in [5.41, 5.74) is 9.50. The maximum Gasteiger partial charge on any atom is 0.0470 e. The fourth-order valence-electron chi connectivity index (χ4n) is 5.32. The Balaban J connectivity index is 1.56. The molecule has 0 amide bonds. The quantitative estimate of drug-likeness (QED) is 0.412. The zero-order chi connectivity index (χ0) is 25.4. The topological polar surface area (TPSA) is 15.3 Å². The van der Waals surface area contributed by atoms with Crippen LogP contribution in [-0.2, 0) is 10.8 Å². The molecule has 2 aliphatic rings. The molecule has 2 nitrogen and oxygen atoms in total. The van der Waals surface area contributed by atoms with Crippen LogP contribution in [0.3, 0.4) is 0 Å². The van der Waals surface area contributed by atoms with Crippen LogP contribution in [0.5, 0.6) is 0 Å². The first kappa shape index (κ1) is 25.1. The molecule has 35 heavy (non-hydrogen) atoms. The van der Waals surface area contributed by atoms with Gasteiger partial charge in [0.05, 0.1) is 0 Å². The number of rotatable bonds is 6. The van der Waals surface area contributed by atoms with Gasteiger partial charge in [-0.2, -0.15) is 0 Å². The lowest BCUT2D eigenvalue weighted by Crippen LogP contribution is -2.22. The Morgan fingerprint density at radius 2 is 1.74 bits per heavy atom. The predicted octanol–water partition coefficient (Wildman–Crippen LogP) is 8.64. The monoisotopic (exact) mass is 484 g/mol. The second kappa shape index (κ2) is 9.59. The van der Waals surface area contributed by atoms with E-state index in [9.17, 15) is 0 Å². The highest BCUT2D eigenvalue weighted by Crippen LogP contribution is 2.47. The number of nitrogens with one attached hydrogen (secondary N) is 1. The summed E-state index contributed by atoms with van der Waals surface area (Å²) in [5, 5.41) is 4.18. The van der Waals surface area contributed by atoms with E-state index in [0.29, 0.717) is 0 Å². The van der Waals surface area contributed by atoms with Gasteiger partial charge in [-0.1, -0.05) is 101 Å². The van der Waals surface area contributed by atoms with Crippen molar-refractivity contribution in [1.82, 2.24) is 0 Å². The molecule has 182 valence electrons. The number of anilines is 2. The van der Waals surface area contributed by atoms with Gasteiger partial charge in [0.1, 0.15) is 0 Å². The fraction of sp³-hybridized carbons (Fsp3) is 0.312. The molecule has 1 aliphatic carbocycles. The Bertz CT molecular complexity index is 1270. The van der Waals surface area contributed by atoms with E-state index in [1.807, 2.05) is 7.05 Å². The minimum Gasteiger partial charge on any atom is -0.388 e. The van der Waals surface area contributed by atoms with Crippen LogP contribution in [0.15, 0.2) is 107 Å². The third-order valence-corrected chi connectivity index (χ3v) is 8.25. The maximum atomic E-state index is 6.87. The second-order valence-electron chi connectivity index (χ2n) is 10.6. The van der Waals surface area contributed by atoms with Gasteiger partial charge in [-0.05, 0) is 58.9 Å². The Morgan fingerprint density at radius 3 is 2.46 bits per heavy atom. The molecule has 1 N–H and O–H groups in total. The lowest BCUT2D eigenvalue weighted by molar-refractivity contribution is 0.640. The summed E-state index contributed by atoms with van der Waals surface area (Å²) < 4.78 is 0. The number of likely N-dealkylation sites (N-methyl/N-ethyl adjacent to an activating group) is 1. The summed E-state index contributed by atoms with van der Waals surface area (Å²) in [5.74, 6) is 0. The van der Waals surface area contributed by atoms with E-state index in [2.05, 4.69) is 124 Å². The van der Waals surface area contributed by atoms with Crippen molar-refractivity contribution in [3.05, 3.63) is 118 Å². The number of fused-ring (bicyclic) bond motifs is 1. The number of halogens is 1. The van der Waals surface area contributed by atoms with Crippen molar-refractivity contribution in [3.8, 4) is 0 Å². The molecule has 0 fully saturated rings. The average Bonchev–Trinajstić information content (AvgIpc) is 3.29. The zero-order valence-electron chi connectivity index (χ0n) is 21.9. The number of benzene rings is 2. The summed E-state index contributed by atoms with van der Waals surface area (Å²) in [6.07, 6.45) is 10.7. The van der Waals surface area contributed by atoms with Crippen LogP contribution in [0.4, 0.5) is 11.4 Å². The van der Waals surface area contributed by atoms with Crippen molar-refractivity contribution in [2.24, 2.45) is 0 Å². The van der Waals surface area contributed by atoms with Crippen LogP contribution in [0.2, 0.25) is 0 Å². The van der Waals surface area contributed by atoms with Gasteiger partial charge >= 0.3 is 0 Å². The van der Waals surface area contributed by atoms with Crippen LogP contribution < -0.4 is 10.2 Å². The first-order chi connectivity index (χ1) is 16.6. The number of nitrogens with zero attached hydrogens (tertiary/aromatic N) is 1. The SMILES string of the molecule is C=C(/C=C/C1=C(Cl)C(=C/C=C2\N(C)c3ccccc3C2(C)C)/CC1)C(C)(C)c1ccccc1NC. The van der Waals surface area contributed by atoms with E-state index in [4.69, 9.17) is 11.6 Å². The summed E-state index contributed by atoms with van der Waals surface area (Å²) in [6, 6.07) is 17.1. The van der Waals surface area contributed by atoms with Crippen molar-refractivity contribution in [2.45, 2.75) is 51.4 Å². The normalized spacial score (nSPS) is 19.8. The van der Waals surface area contributed by atoms with Crippen LogP contribution in [-0.4, -0.2) is 14.1 Å². The highest BCUT2D eigenvalue weighted by atomic mass is 35.5. The Morgan fingerprint density at radius 1 is 1.06 bits per heavy atom. The maximum absolute atomic E-state index is 6.87. The van der Waals surface area contributed by atoms with Crippen molar-refractivity contribution in [2.75, 3.05) is 24.3 Å². The third-order valence-electron chi connectivity index (χ3n) is 7.77. The van der Waals surface area contributed by atoms with Crippen molar-refractivity contribution in [1.29, 1.82) is 0 Å². The van der Waals surface area contributed by atoms with E-state index < -0.39 is 0 Å². The standard InChI is InChI=1S/C32H37ClN2/c1-22(31(2,3)25-12-8-10-14-27(25)34-6)16-17-23-18-19-24(30(23)33)20-21-29-32(4,5)26-13-9-11-15-28(26)35(29)7/h8-17,20-21,34H,1,18-19H2,2-7H3/b17-16+,24-20+,29-21-. The van der Waals surface area contributed by atoms with E-state index >= 15 is 0 Å². The van der Waals surface area contributed by atoms with E-state index in [-0.39, 0.29) is 10.8 Å². The van der Waals surface area contributed by atoms with Crippen molar-refractivity contribution < 1.29 is 0 Å². The highest BCUT2D eigenvalue weighted by molar-refractivity contribution is 6.33.